The summed E-state index contributed by atoms with van der Waals surface area (Å²) in [5, 5.41) is 6.53. The summed E-state index contributed by atoms with van der Waals surface area (Å²) >= 11 is 1.55. The maximum absolute atomic E-state index is 12.4. The molecule has 3 fully saturated rings. The summed E-state index contributed by atoms with van der Waals surface area (Å²) in [4.78, 5) is 56.8. The molecule has 0 bridgehead atoms. The van der Waals surface area contributed by atoms with Gasteiger partial charge in [0.1, 0.15) is 27.8 Å². The topological polar surface area (TPSA) is 177 Å². The number of methoxy groups -OCH3 is 1. The number of carbonyl (C=O) groups excluding carboxylic acids is 3. The molecule has 336 valence electrons. The number of likely N-dealkylation sites (tertiary alicyclic amines) is 1. The number of primary amides is 1. The predicted octanol–water partition coefficient (Wildman–Crippen LogP) is 8.39. The molecule has 0 radical (unpaired) electrons. The number of hydrogen-bond donors (Lipinski definition) is 4. The van der Waals surface area contributed by atoms with Gasteiger partial charge in [-0.2, -0.15) is 13.2 Å². The number of amides is 3. The number of fused-ring (bicyclic) bond motifs is 1. The van der Waals surface area contributed by atoms with E-state index in [1.165, 1.54) is 36.3 Å². The molecule has 7 rings (SSSR count). The number of thiazole rings is 1. The number of anilines is 1. The maximum atomic E-state index is 12.4. The molecule has 2 aromatic heterocycles. The highest BCUT2D eigenvalue weighted by Crippen LogP contribution is 2.40. The molecule has 2 saturated carbocycles. The van der Waals surface area contributed by atoms with E-state index in [2.05, 4.69) is 52.9 Å². The number of nitrogens with two attached hydrogens (primary N) is 1. The first kappa shape index (κ1) is 48.0. The van der Waals surface area contributed by atoms with Crippen LogP contribution in [0.3, 0.4) is 0 Å². The van der Waals surface area contributed by atoms with E-state index in [1.54, 1.807) is 30.6 Å². The van der Waals surface area contributed by atoms with E-state index < -0.39 is 34.7 Å². The van der Waals surface area contributed by atoms with Gasteiger partial charge in [0.05, 0.1) is 41.4 Å². The number of rotatable bonds is 15. The van der Waals surface area contributed by atoms with E-state index >= 15 is 0 Å². The molecule has 2 aromatic carbocycles. The fourth-order valence-corrected chi connectivity index (χ4v) is 8.95. The number of aryl methyl sites for hydroxylation is 1. The standard InChI is InChI=1S/C17H18N2O2S.C14H16F3N3O2.C14H23NO2S/c1-9(2)13-8-22-17(19-13)12-7-14(20)11-5-6-15(21-4)10(3)16(11)18-12;15-14(16,17)9-3-5-10(6-4-9)19-8-12(21)20-7-1-2-11(20)13(18)22;1-2-3-4-5-6-7-11-10-13(11)14(16)15-18(17)12-8-9-12/h5-9H,1-4H3,(H,18,20);3-6,11,19H,1-2,7-8H2,(H2,18,22);6-7,11-13H,2-5,8-10H2,1H3,(H,15,16)/b;;7-6-/t;11-;11-,13+,18?/m.01/s1. The van der Waals surface area contributed by atoms with Gasteiger partial charge in [-0.15, -0.1) is 11.3 Å². The van der Waals surface area contributed by atoms with E-state index in [-0.39, 0.29) is 35.0 Å². The second-order valence-corrected chi connectivity index (χ2v) is 18.4. The summed E-state index contributed by atoms with van der Waals surface area (Å²) in [6.07, 6.45) is 9.03. The Balaban J connectivity index is 0.000000177. The Morgan fingerprint density at radius 1 is 1.11 bits per heavy atom. The number of ether oxygens (including phenoxy) is 1. The molecule has 3 heterocycles. The van der Waals surface area contributed by atoms with Crippen molar-refractivity contribution in [2.45, 2.75) is 109 Å². The Bertz CT molecular complexity index is 2290. The molecular formula is C45H57F3N6O6S2. The number of nitrogens with one attached hydrogen (secondary N) is 3. The molecule has 5 N–H and O–H groups in total. The van der Waals surface area contributed by atoms with Crippen LogP contribution in [0.25, 0.3) is 21.6 Å². The number of hydrogen-bond acceptors (Lipinski definition) is 9. The van der Waals surface area contributed by atoms with Gasteiger partial charge in [0, 0.05) is 40.5 Å². The zero-order valence-electron chi connectivity index (χ0n) is 35.8. The molecule has 4 aromatic rings. The van der Waals surface area contributed by atoms with Gasteiger partial charge < -0.3 is 25.7 Å². The monoisotopic (exact) mass is 898 g/mol. The van der Waals surface area contributed by atoms with Crippen molar-refractivity contribution in [2.24, 2.45) is 17.6 Å². The Morgan fingerprint density at radius 3 is 2.45 bits per heavy atom. The number of nitrogens with zero attached hydrogens (tertiary/aromatic N) is 2. The van der Waals surface area contributed by atoms with Gasteiger partial charge in [0.2, 0.25) is 17.7 Å². The second-order valence-electron chi connectivity index (χ2n) is 16.1. The second kappa shape index (κ2) is 21.9. The number of H-pyrrole nitrogens is 1. The van der Waals surface area contributed by atoms with Crippen LogP contribution in [0, 0.1) is 18.8 Å². The molecule has 4 atom stereocenters. The molecule has 1 aliphatic heterocycles. The lowest BCUT2D eigenvalue weighted by Crippen LogP contribution is -2.45. The number of pyridine rings is 1. The molecule has 3 amide bonds. The van der Waals surface area contributed by atoms with Gasteiger partial charge in [-0.25, -0.2) is 9.19 Å². The van der Waals surface area contributed by atoms with Gasteiger partial charge in [-0.1, -0.05) is 45.8 Å². The van der Waals surface area contributed by atoms with Crippen LogP contribution in [0.5, 0.6) is 5.75 Å². The van der Waals surface area contributed by atoms with Crippen LogP contribution in [0.2, 0.25) is 0 Å². The molecule has 62 heavy (non-hydrogen) atoms. The number of unbranched alkanes of at least 4 members (excludes halogenated alkanes) is 3. The third-order valence-corrected chi connectivity index (χ3v) is 13.3. The highest BCUT2D eigenvalue weighted by atomic mass is 32.2. The Kier molecular flexibility index (Phi) is 16.9. The number of aromatic amines is 1. The number of halogens is 3. The number of carbonyl (C=O) groups is 3. The van der Waals surface area contributed by atoms with Gasteiger partial charge in [-0.3, -0.25) is 23.9 Å². The van der Waals surface area contributed by atoms with Gasteiger partial charge in [-0.05, 0) is 100 Å². The minimum Gasteiger partial charge on any atom is -0.496 e. The summed E-state index contributed by atoms with van der Waals surface area (Å²) in [7, 11) is 0.511. The molecule has 1 saturated heterocycles. The third kappa shape index (κ3) is 13.2. The molecular weight excluding hydrogens is 842 g/mol. The number of benzene rings is 2. The van der Waals surface area contributed by atoms with Crippen molar-refractivity contribution in [1.29, 1.82) is 0 Å². The first-order valence-electron chi connectivity index (χ1n) is 21.1. The van der Waals surface area contributed by atoms with Crippen molar-refractivity contribution < 1.29 is 36.5 Å². The summed E-state index contributed by atoms with van der Waals surface area (Å²) < 4.78 is 56.8. The van der Waals surface area contributed by atoms with Crippen molar-refractivity contribution in [1.82, 2.24) is 19.6 Å². The SMILES string of the molecule is CCCCC/C=C\[C@@H]1C[C@@H]1C(=O)NS(=O)C1CC1.COc1ccc2c(=O)cc(-c3nc(C(C)C)cs3)[nH]c2c1C.NC(=O)[C@@H]1CCCN1C(=O)CNc1ccc(C(F)(F)F)cc1. The van der Waals surface area contributed by atoms with Crippen LogP contribution in [0.1, 0.15) is 101 Å². The first-order chi connectivity index (χ1) is 29.5. The van der Waals surface area contributed by atoms with Gasteiger partial charge in [0.15, 0.2) is 5.43 Å². The van der Waals surface area contributed by atoms with E-state index in [1.807, 2.05) is 18.4 Å². The molecule has 17 heteroatoms. The van der Waals surface area contributed by atoms with Crippen LogP contribution in [-0.2, 0) is 31.5 Å². The highest BCUT2D eigenvalue weighted by molar-refractivity contribution is 7.84. The maximum Gasteiger partial charge on any atom is 0.416 e. The Labute approximate surface area is 366 Å². The quantitative estimate of drug-likeness (QED) is 0.0680. The zero-order valence-corrected chi connectivity index (χ0v) is 37.4. The molecule has 1 unspecified atom stereocenters. The third-order valence-electron chi connectivity index (χ3n) is 10.9. The van der Waals surface area contributed by atoms with Crippen molar-refractivity contribution in [3.63, 3.8) is 0 Å². The predicted molar refractivity (Wildman–Crippen MR) is 239 cm³/mol. The van der Waals surface area contributed by atoms with Crippen LogP contribution < -0.4 is 25.9 Å². The highest BCUT2D eigenvalue weighted by Gasteiger charge is 2.42. The summed E-state index contributed by atoms with van der Waals surface area (Å²) in [5.74, 6) is 0.754. The number of aromatic nitrogens is 2. The minimum absolute atomic E-state index is 0.00389. The summed E-state index contributed by atoms with van der Waals surface area (Å²) in [6, 6.07) is 9.04. The Morgan fingerprint density at radius 2 is 1.84 bits per heavy atom. The largest absolute Gasteiger partial charge is 0.496 e. The molecule has 12 nitrogen and oxygen atoms in total. The summed E-state index contributed by atoms with van der Waals surface area (Å²) in [6.45, 7) is 8.72. The van der Waals surface area contributed by atoms with E-state index in [4.69, 9.17) is 10.5 Å². The van der Waals surface area contributed by atoms with Crippen molar-refractivity contribution >= 4 is 56.6 Å². The van der Waals surface area contributed by atoms with Crippen molar-refractivity contribution in [3.05, 3.63) is 87.0 Å². The van der Waals surface area contributed by atoms with Gasteiger partial charge in [0.25, 0.3) is 0 Å². The zero-order chi connectivity index (χ0) is 45.1. The average molecular weight is 899 g/mol. The number of alkyl halides is 3. The van der Waals surface area contributed by atoms with E-state index in [9.17, 15) is 36.6 Å². The van der Waals surface area contributed by atoms with Crippen LogP contribution in [-0.4, -0.2) is 68.3 Å². The van der Waals surface area contributed by atoms with Crippen LogP contribution in [0.4, 0.5) is 18.9 Å². The normalized spacial score (nSPS) is 18.7. The average Bonchev–Trinajstić information content (AvgIpc) is 4.13. The Hall–Kier alpha value is -5.03. The van der Waals surface area contributed by atoms with Gasteiger partial charge >= 0.3 is 6.18 Å². The molecule has 0 spiro atoms. The van der Waals surface area contributed by atoms with Crippen LogP contribution in [0.15, 0.2) is 64.8 Å². The van der Waals surface area contributed by atoms with E-state index in [0.717, 1.165) is 71.0 Å². The smallest absolute Gasteiger partial charge is 0.416 e. The van der Waals surface area contributed by atoms with Crippen LogP contribution >= 0.6 is 11.3 Å². The lowest BCUT2D eigenvalue weighted by Gasteiger charge is -2.22. The fraction of sp³-hybridized carbons (Fsp3) is 0.489. The first-order valence-corrected chi connectivity index (χ1v) is 23.2. The fourth-order valence-electron chi connectivity index (χ4n) is 6.92. The van der Waals surface area contributed by atoms with E-state index in [0.29, 0.717) is 42.3 Å². The van der Waals surface area contributed by atoms with Crippen molar-refractivity contribution in [3.8, 4) is 16.5 Å². The van der Waals surface area contributed by atoms with Crippen molar-refractivity contribution in [2.75, 3.05) is 25.5 Å². The summed E-state index contributed by atoms with van der Waals surface area (Å²) in [5.41, 5.74) is 8.41. The molecule has 2 aliphatic carbocycles. The lowest BCUT2D eigenvalue weighted by molar-refractivity contribution is -0.137. The lowest BCUT2D eigenvalue weighted by atomic mass is 10.1. The minimum atomic E-state index is -4.39. The molecule has 3 aliphatic rings. The number of allylic oxidation sites excluding steroid dienone is 2.